The molecule has 146 valence electrons. The number of hydrogen-bond acceptors (Lipinski definition) is 4. The quantitative estimate of drug-likeness (QED) is 0.755. The largest absolute Gasteiger partial charge is 0.337 e. The van der Waals surface area contributed by atoms with Crippen molar-refractivity contribution in [1.82, 2.24) is 29.9 Å². The van der Waals surface area contributed by atoms with Crippen LogP contribution in [0.1, 0.15) is 60.4 Å². The highest BCUT2D eigenvalue weighted by molar-refractivity contribution is 5.92. The minimum atomic E-state index is -0.000157. The fraction of sp³-hybridized carbons (Fsp3) is 0.429. The Morgan fingerprint density at radius 2 is 2.11 bits per heavy atom. The van der Waals surface area contributed by atoms with Gasteiger partial charge in [0.2, 0.25) is 0 Å². The number of piperidine rings is 1. The predicted octanol–water partition coefficient (Wildman–Crippen LogP) is 3.35. The molecule has 1 saturated heterocycles. The molecule has 1 fully saturated rings. The zero-order valence-electron chi connectivity index (χ0n) is 16.6. The van der Waals surface area contributed by atoms with Gasteiger partial charge in [-0.3, -0.25) is 19.6 Å². The second-order valence-electron chi connectivity index (χ2n) is 7.83. The molecule has 0 saturated carbocycles. The Bertz CT molecular complexity index is 955. The SMILES string of the molecule is CC(C)c1cc(C(=O)N2CCC[C@@H](c3ccc(-c4cnn(C)c4)cn3)C2)n[nH]1. The molecule has 0 bridgehead atoms. The summed E-state index contributed by atoms with van der Waals surface area (Å²) in [6, 6.07) is 6.03. The molecule has 0 radical (unpaired) electrons. The number of H-pyrrole nitrogens is 1. The number of likely N-dealkylation sites (tertiary alicyclic amines) is 1. The molecule has 3 aromatic heterocycles. The van der Waals surface area contributed by atoms with E-state index in [0.717, 1.165) is 41.9 Å². The highest BCUT2D eigenvalue weighted by Gasteiger charge is 2.27. The van der Waals surface area contributed by atoms with Gasteiger partial charge in [0.25, 0.3) is 5.91 Å². The van der Waals surface area contributed by atoms with E-state index in [1.807, 2.05) is 36.6 Å². The zero-order valence-corrected chi connectivity index (χ0v) is 16.6. The summed E-state index contributed by atoms with van der Waals surface area (Å²) in [7, 11) is 1.91. The van der Waals surface area contributed by atoms with Gasteiger partial charge in [-0.25, -0.2) is 0 Å². The number of pyridine rings is 1. The summed E-state index contributed by atoms with van der Waals surface area (Å²) in [5.74, 6) is 0.578. The standard InChI is InChI=1S/C21H26N6O/c1-14(2)19-9-20(25-24-19)21(28)27-8-4-5-16(13-27)18-7-6-15(10-22-18)17-11-23-26(3)12-17/h6-7,9-12,14,16H,4-5,8,13H2,1-3H3,(H,24,25)/t16-/m1/s1. The molecule has 3 aromatic rings. The lowest BCUT2D eigenvalue weighted by Gasteiger charge is -2.32. The third-order valence-corrected chi connectivity index (χ3v) is 5.39. The Hall–Kier alpha value is -2.96. The average Bonchev–Trinajstić information content (AvgIpc) is 3.37. The van der Waals surface area contributed by atoms with Gasteiger partial charge in [-0.15, -0.1) is 0 Å². The molecule has 1 N–H and O–H groups in total. The van der Waals surface area contributed by atoms with E-state index in [1.54, 1.807) is 4.68 Å². The number of amides is 1. The number of hydrogen-bond donors (Lipinski definition) is 1. The van der Waals surface area contributed by atoms with Crippen molar-refractivity contribution in [2.45, 2.75) is 38.5 Å². The van der Waals surface area contributed by atoms with Crippen LogP contribution >= 0.6 is 0 Å². The van der Waals surface area contributed by atoms with Crippen molar-refractivity contribution in [3.8, 4) is 11.1 Å². The van der Waals surface area contributed by atoms with E-state index in [1.165, 1.54) is 0 Å². The highest BCUT2D eigenvalue weighted by Crippen LogP contribution is 2.28. The van der Waals surface area contributed by atoms with E-state index >= 15 is 0 Å². The van der Waals surface area contributed by atoms with Gasteiger partial charge < -0.3 is 4.90 Å². The number of aromatic amines is 1. The molecule has 1 aliphatic heterocycles. The number of aryl methyl sites for hydroxylation is 1. The van der Waals surface area contributed by atoms with Crippen LogP contribution < -0.4 is 0 Å². The number of rotatable bonds is 4. The van der Waals surface area contributed by atoms with Gasteiger partial charge in [-0.05, 0) is 30.9 Å². The van der Waals surface area contributed by atoms with E-state index in [-0.39, 0.29) is 11.8 Å². The van der Waals surface area contributed by atoms with Crippen LogP contribution in [-0.2, 0) is 7.05 Å². The molecule has 1 atom stereocenters. The van der Waals surface area contributed by atoms with Crippen LogP contribution in [0.2, 0.25) is 0 Å². The molecule has 0 spiro atoms. The van der Waals surface area contributed by atoms with E-state index in [9.17, 15) is 4.79 Å². The molecule has 7 heteroatoms. The maximum atomic E-state index is 12.9. The number of nitrogens with zero attached hydrogens (tertiary/aromatic N) is 5. The first kappa shape index (κ1) is 18.4. The minimum Gasteiger partial charge on any atom is -0.337 e. The summed E-state index contributed by atoms with van der Waals surface area (Å²) < 4.78 is 1.79. The summed E-state index contributed by atoms with van der Waals surface area (Å²) in [4.78, 5) is 19.5. The number of carbonyl (C=O) groups is 1. The van der Waals surface area contributed by atoms with Crippen LogP contribution in [0.5, 0.6) is 0 Å². The third-order valence-electron chi connectivity index (χ3n) is 5.39. The first-order valence-corrected chi connectivity index (χ1v) is 9.81. The van der Waals surface area contributed by atoms with Gasteiger partial charge >= 0.3 is 0 Å². The second-order valence-corrected chi connectivity index (χ2v) is 7.83. The fourth-order valence-electron chi connectivity index (χ4n) is 3.69. The number of nitrogens with one attached hydrogen (secondary N) is 1. The normalized spacial score (nSPS) is 17.3. The Morgan fingerprint density at radius 3 is 2.75 bits per heavy atom. The maximum absolute atomic E-state index is 12.9. The predicted molar refractivity (Wildman–Crippen MR) is 107 cm³/mol. The third kappa shape index (κ3) is 3.69. The fourth-order valence-corrected chi connectivity index (χ4v) is 3.69. The maximum Gasteiger partial charge on any atom is 0.274 e. The molecule has 0 aromatic carbocycles. The molecule has 4 heterocycles. The van der Waals surface area contributed by atoms with Gasteiger partial charge in [0.05, 0.1) is 6.20 Å². The van der Waals surface area contributed by atoms with Crippen LogP contribution in [-0.4, -0.2) is 48.9 Å². The van der Waals surface area contributed by atoms with Crippen molar-refractivity contribution in [1.29, 1.82) is 0 Å². The molecule has 0 unspecified atom stereocenters. The molecule has 7 nitrogen and oxygen atoms in total. The zero-order chi connectivity index (χ0) is 19.7. The van der Waals surface area contributed by atoms with Crippen LogP contribution in [0.15, 0.2) is 36.8 Å². The summed E-state index contributed by atoms with van der Waals surface area (Å²) in [5.41, 5.74) is 4.64. The van der Waals surface area contributed by atoms with Crippen molar-refractivity contribution >= 4 is 5.91 Å². The first-order chi connectivity index (χ1) is 13.5. The van der Waals surface area contributed by atoms with Gasteiger partial charge in [0.1, 0.15) is 5.69 Å². The van der Waals surface area contributed by atoms with Crippen LogP contribution in [0, 0.1) is 0 Å². The van der Waals surface area contributed by atoms with Crippen molar-refractivity contribution in [2.75, 3.05) is 13.1 Å². The lowest BCUT2D eigenvalue weighted by Crippen LogP contribution is -2.39. The summed E-state index contributed by atoms with van der Waals surface area (Å²) >= 11 is 0. The van der Waals surface area contributed by atoms with Crippen molar-refractivity contribution in [2.24, 2.45) is 7.05 Å². The summed E-state index contributed by atoms with van der Waals surface area (Å²) in [6.45, 7) is 5.62. The van der Waals surface area contributed by atoms with Crippen LogP contribution in [0.25, 0.3) is 11.1 Å². The molecule has 4 rings (SSSR count). The Morgan fingerprint density at radius 1 is 1.25 bits per heavy atom. The van der Waals surface area contributed by atoms with Gasteiger partial charge in [-0.1, -0.05) is 19.9 Å². The summed E-state index contributed by atoms with van der Waals surface area (Å²) in [6.07, 6.45) is 7.74. The highest BCUT2D eigenvalue weighted by atomic mass is 16.2. The molecule has 1 aliphatic rings. The second kappa shape index (κ2) is 7.58. The molecule has 0 aliphatic carbocycles. The van der Waals surface area contributed by atoms with E-state index in [4.69, 9.17) is 0 Å². The lowest BCUT2D eigenvalue weighted by atomic mass is 9.93. The Balaban J connectivity index is 1.46. The summed E-state index contributed by atoms with van der Waals surface area (Å²) in [5, 5.41) is 11.4. The smallest absolute Gasteiger partial charge is 0.274 e. The van der Waals surface area contributed by atoms with Crippen molar-refractivity contribution in [3.05, 3.63) is 53.9 Å². The first-order valence-electron chi connectivity index (χ1n) is 9.81. The Labute approximate surface area is 164 Å². The Kier molecular flexibility index (Phi) is 4.98. The molecule has 1 amide bonds. The molecular weight excluding hydrogens is 352 g/mol. The van der Waals surface area contributed by atoms with E-state index in [2.05, 4.69) is 46.3 Å². The van der Waals surface area contributed by atoms with E-state index < -0.39 is 0 Å². The molecular formula is C21H26N6O. The monoisotopic (exact) mass is 378 g/mol. The number of carbonyl (C=O) groups excluding carboxylic acids is 1. The van der Waals surface area contributed by atoms with Gasteiger partial charge in [0.15, 0.2) is 0 Å². The minimum absolute atomic E-state index is 0.000157. The van der Waals surface area contributed by atoms with Crippen molar-refractivity contribution in [3.63, 3.8) is 0 Å². The van der Waals surface area contributed by atoms with Crippen LogP contribution in [0.4, 0.5) is 0 Å². The van der Waals surface area contributed by atoms with E-state index in [0.29, 0.717) is 18.2 Å². The van der Waals surface area contributed by atoms with Crippen molar-refractivity contribution < 1.29 is 4.79 Å². The van der Waals surface area contributed by atoms with Gasteiger partial charge in [-0.2, -0.15) is 10.2 Å². The molecule has 28 heavy (non-hydrogen) atoms. The van der Waals surface area contributed by atoms with Gasteiger partial charge in [0, 0.05) is 61.0 Å². The average molecular weight is 378 g/mol. The number of aromatic nitrogens is 5. The lowest BCUT2D eigenvalue weighted by molar-refractivity contribution is 0.0700. The van der Waals surface area contributed by atoms with Crippen LogP contribution in [0.3, 0.4) is 0 Å². The topological polar surface area (TPSA) is 79.7 Å².